The van der Waals surface area contributed by atoms with Gasteiger partial charge < -0.3 is 19.9 Å². The molecule has 29 heavy (non-hydrogen) atoms. The Morgan fingerprint density at radius 1 is 1.17 bits per heavy atom. The second kappa shape index (κ2) is 8.00. The van der Waals surface area contributed by atoms with Gasteiger partial charge in [0, 0.05) is 26.2 Å². The number of benzene rings is 2. The summed E-state index contributed by atoms with van der Waals surface area (Å²) in [5.41, 5.74) is 0.267. The number of amides is 2. The molecule has 0 atom stereocenters. The lowest BCUT2D eigenvalue weighted by Gasteiger charge is -2.34. The number of aromatic nitrogens is 1. The van der Waals surface area contributed by atoms with E-state index in [2.05, 4.69) is 10.3 Å². The van der Waals surface area contributed by atoms with Crippen LogP contribution in [0, 0.1) is 11.6 Å². The van der Waals surface area contributed by atoms with E-state index in [4.69, 9.17) is 16.3 Å². The van der Waals surface area contributed by atoms with Crippen LogP contribution in [0.2, 0.25) is 5.02 Å². The van der Waals surface area contributed by atoms with Crippen molar-refractivity contribution in [3.05, 3.63) is 47.0 Å². The number of anilines is 2. The Bertz CT molecular complexity index is 1050. The first-order valence-electron chi connectivity index (χ1n) is 8.86. The van der Waals surface area contributed by atoms with Crippen molar-refractivity contribution in [1.29, 1.82) is 0 Å². The lowest BCUT2D eigenvalue weighted by Crippen LogP contribution is -2.50. The predicted molar refractivity (Wildman–Crippen MR) is 110 cm³/mol. The zero-order valence-corrected chi connectivity index (χ0v) is 17.0. The summed E-state index contributed by atoms with van der Waals surface area (Å²) in [5.74, 6) is -0.966. The standard InChI is InChI=1S/C19H17ClF2N4O2S/c1-28-14-6-5-11(20)17-16(14)24-19(29-17)26-9-7-25(8-10-26)18(27)23-15-12(21)3-2-4-13(15)22/h2-6H,7-10H2,1H3,(H,23,27). The van der Waals surface area contributed by atoms with Crippen molar-refractivity contribution in [1.82, 2.24) is 9.88 Å². The summed E-state index contributed by atoms with van der Waals surface area (Å²) in [7, 11) is 1.58. The number of methoxy groups -OCH3 is 1. The van der Waals surface area contributed by atoms with Crippen LogP contribution in [0.1, 0.15) is 0 Å². The summed E-state index contributed by atoms with van der Waals surface area (Å²) in [4.78, 5) is 20.6. The van der Waals surface area contributed by atoms with E-state index in [9.17, 15) is 13.6 Å². The van der Waals surface area contributed by atoms with Gasteiger partial charge in [0.05, 0.1) is 16.8 Å². The molecule has 2 aromatic carbocycles. The second-order valence-corrected chi connectivity index (χ2v) is 7.81. The van der Waals surface area contributed by atoms with Gasteiger partial charge in [-0.1, -0.05) is 29.0 Å². The number of ether oxygens (including phenoxy) is 1. The average molecular weight is 439 g/mol. The smallest absolute Gasteiger partial charge is 0.322 e. The highest BCUT2D eigenvalue weighted by atomic mass is 35.5. The van der Waals surface area contributed by atoms with Crippen molar-refractivity contribution < 1.29 is 18.3 Å². The number of urea groups is 1. The van der Waals surface area contributed by atoms with Crippen LogP contribution in [0.15, 0.2) is 30.3 Å². The molecule has 6 nitrogen and oxygen atoms in total. The molecule has 152 valence electrons. The number of hydrogen-bond acceptors (Lipinski definition) is 5. The summed E-state index contributed by atoms with van der Waals surface area (Å²) < 4.78 is 33.7. The minimum absolute atomic E-state index is 0.392. The first kappa shape index (κ1) is 19.7. The summed E-state index contributed by atoms with van der Waals surface area (Å²) >= 11 is 7.74. The maximum atomic E-state index is 13.7. The zero-order chi connectivity index (χ0) is 20.5. The van der Waals surface area contributed by atoms with Crippen LogP contribution in [0.25, 0.3) is 10.2 Å². The van der Waals surface area contributed by atoms with Crippen molar-refractivity contribution in [2.75, 3.05) is 43.5 Å². The quantitative estimate of drug-likeness (QED) is 0.649. The van der Waals surface area contributed by atoms with Crippen LogP contribution in [0.3, 0.4) is 0 Å². The number of carbonyl (C=O) groups is 1. The molecule has 10 heteroatoms. The van der Waals surface area contributed by atoms with Gasteiger partial charge in [0.2, 0.25) is 0 Å². The van der Waals surface area contributed by atoms with E-state index in [1.54, 1.807) is 19.2 Å². The Morgan fingerprint density at radius 3 is 2.52 bits per heavy atom. The van der Waals surface area contributed by atoms with E-state index in [1.807, 2.05) is 4.90 Å². The highest BCUT2D eigenvalue weighted by Gasteiger charge is 2.25. The van der Waals surface area contributed by atoms with E-state index in [0.29, 0.717) is 42.5 Å². The molecule has 3 aromatic rings. The van der Waals surface area contributed by atoms with Gasteiger partial charge in [0.25, 0.3) is 0 Å². The molecule has 0 bridgehead atoms. The van der Waals surface area contributed by atoms with Crippen LogP contribution in [0.4, 0.5) is 24.4 Å². The van der Waals surface area contributed by atoms with Gasteiger partial charge in [-0.25, -0.2) is 18.6 Å². The number of nitrogens with zero attached hydrogens (tertiary/aromatic N) is 3. The minimum atomic E-state index is -0.808. The van der Waals surface area contributed by atoms with Crippen LogP contribution in [-0.2, 0) is 0 Å². The molecule has 0 unspecified atom stereocenters. The SMILES string of the molecule is COc1ccc(Cl)c2sc(N3CCN(C(=O)Nc4c(F)cccc4F)CC3)nc12. The predicted octanol–water partition coefficient (Wildman–Crippen LogP) is 4.59. The molecule has 0 aliphatic carbocycles. The molecular formula is C19H17ClF2N4O2S. The lowest BCUT2D eigenvalue weighted by atomic mass is 10.3. The first-order chi connectivity index (χ1) is 14.0. The minimum Gasteiger partial charge on any atom is -0.494 e. The third-order valence-electron chi connectivity index (χ3n) is 4.70. The largest absolute Gasteiger partial charge is 0.494 e. The molecule has 4 rings (SSSR count). The Morgan fingerprint density at radius 2 is 1.86 bits per heavy atom. The van der Waals surface area contributed by atoms with E-state index in [0.717, 1.165) is 22.0 Å². The number of fused-ring (bicyclic) bond motifs is 1. The molecule has 1 aromatic heterocycles. The molecule has 1 aliphatic rings. The normalized spacial score (nSPS) is 14.3. The van der Waals surface area contributed by atoms with E-state index >= 15 is 0 Å². The molecular weight excluding hydrogens is 422 g/mol. The van der Waals surface area contributed by atoms with Crippen molar-refractivity contribution in [2.24, 2.45) is 0 Å². The van der Waals surface area contributed by atoms with Crippen molar-refractivity contribution in [3.63, 3.8) is 0 Å². The molecule has 1 saturated heterocycles. The lowest BCUT2D eigenvalue weighted by molar-refractivity contribution is 0.208. The first-order valence-corrected chi connectivity index (χ1v) is 10.1. The maximum Gasteiger partial charge on any atom is 0.322 e. The van der Waals surface area contributed by atoms with Crippen LogP contribution in [-0.4, -0.2) is 49.2 Å². The highest BCUT2D eigenvalue weighted by molar-refractivity contribution is 7.22. The third-order valence-corrected chi connectivity index (χ3v) is 6.28. The summed E-state index contributed by atoms with van der Waals surface area (Å²) in [6.45, 7) is 1.85. The number of thiazole rings is 1. The number of piperazine rings is 1. The molecule has 0 saturated carbocycles. The maximum absolute atomic E-state index is 13.7. The molecule has 1 fully saturated rings. The Kier molecular flexibility index (Phi) is 5.42. The third kappa shape index (κ3) is 3.79. The molecule has 0 spiro atoms. The van der Waals surface area contributed by atoms with Crippen molar-refractivity contribution in [2.45, 2.75) is 0 Å². The molecule has 2 amide bonds. The van der Waals surface area contributed by atoms with Crippen molar-refractivity contribution >= 4 is 50.0 Å². The monoisotopic (exact) mass is 438 g/mol. The summed E-state index contributed by atoms with van der Waals surface area (Å²) in [6.07, 6.45) is 0. The van der Waals surface area contributed by atoms with Crippen LogP contribution >= 0.6 is 22.9 Å². The molecule has 1 aliphatic heterocycles. The van der Waals surface area contributed by atoms with Gasteiger partial charge in [-0.3, -0.25) is 0 Å². The number of para-hydroxylation sites is 1. The van der Waals surface area contributed by atoms with Crippen molar-refractivity contribution in [3.8, 4) is 5.75 Å². The van der Waals surface area contributed by atoms with Gasteiger partial charge >= 0.3 is 6.03 Å². The Labute approximate surface area is 174 Å². The highest BCUT2D eigenvalue weighted by Crippen LogP contribution is 2.38. The number of carbonyl (C=O) groups excluding carboxylic acids is 1. The summed E-state index contributed by atoms with van der Waals surface area (Å²) in [5, 5.41) is 3.71. The molecule has 2 heterocycles. The van der Waals surface area contributed by atoms with Gasteiger partial charge in [-0.05, 0) is 24.3 Å². The fourth-order valence-electron chi connectivity index (χ4n) is 3.15. The zero-order valence-electron chi connectivity index (χ0n) is 15.4. The topological polar surface area (TPSA) is 57.7 Å². The fraction of sp³-hybridized carbons (Fsp3) is 0.263. The second-order valence-electron chi connectivity index (χ2n) is 6.42. The Hall–Kier alpha value is -2.65. The number of rotatable bonds is 3. The van der Waals surface area contributed by atoms with Gasteiger partial charge in [0.1, 0.15) is 28.6 Å². The van der Waals surface area contributed by atoms with E-state index < -0.39 is 23.4 Å². The number of nitrogens with one attached hydrogen (secondary N) is 1. The molecule has 0 radical (unpaired) electrons. The number of halogens is 3. The van der Waals surface area contributed by atoms with Gasteiger partial charge in [0.15, 0.2) is 5.13 Å². The fourth-order valence-corrected chi connectivity index (χ4v) is 4.45. The van der Waals surface area contributed by atoms with E-state index in [1.165, 1.54) is 22.3 Å². The van der Waals surface area contributed by atoms with Crippen LogP contribution in [0.5, 0.6) is 5.75 Å². The summed E-state index contributed by atoms with van der Waals surface area (Å²) in [6, 6.07) is 6.46. The Balaban J connectivity index is 1.45. The van der Waals surface area contributed by atoms with E-state index in [-0.39, 0.29) is 0 Å². The average Bonchev–Trinajstić information content (AvgIpc) is 3.18. The van der Waals surface area contributed by atoms with Crippen LogP contribution < -0.4 is 15.0 Å². The van der Waals surface area contributed by atoms with Gasteiger partial charge in [-0.15, -0.1) is 0 Å². The van der Waals surface area contributed by atoms with Gasteiger partial charge in [-0.2, -0.15) is 0 Å². The number of hydrogen-bond donors (Lipinski definition) is 1. The molecule has 1 N–H and O–H groups in total.